The Morgan fingerprint density at radius 2 is 0.588 bits per heavy atom. The lowest BCUT2D eigenvalue weighted by molar-refractivity contribution is 0.953. The second-order valence-corrected chi connectivity index (χ2v) is 19.8. The number of para-hydroxylation sites is 4. The molecule has 0 bridgehead atoms. The Labute approximate surface area is 461 Å². The van der Waals surface area contributed by atoms with Gasteiger partial charge in [-0.1, -0.05) is 176 Å². The van der Waals surface area contributed by atoms with E-state index in [9.17, 15) is 0 Å². The summed E-state index contributed by atoms with van der Waals surface area (Å²) in [6.07, 6.45) is 3.85. The molecular weight excluding hydrogens is 979 g/mol. The molecule has 4 heterocycles. The second-order valence-electron chi connectivity index (χ2n) is 19.8. The lowest BCUT2D eigenvalue weighted by Crippen LogP contribution is -2.09. The van der Waals surface area contributed by atoms with Crippen LogP contribution in [0.4, 0.5) is 34.1 Å². The molecule has 0 saturated heterocycles. The summed E-state index contributed by atoms with van der Waals surface area (Å²) in [6.45, 7) is 0. The van der Waals surface area contributed by atoms with E-state index >= 15 is 0 Å². The van der Waals surface area contributed by atoms with E-state index in [0.29, 0.717) is 23.5 Å². The molecule has 0 aliphatic rings. The van der Waals surface area contributed by atoms with E-state index in [-0.39, 0.29) is 0 Å². The lowest BCUT2D eigenvalue weighted by atomic mass is 9.99. The number of rotatable bonds is 11. The first-order valence-corrected chi connectivity index (χ1v) is 26.7. The van der Waals surface area contributed by atoms with E-state index < -0.39 is 0 Å². The number of hydrogen-bond donors (Lipinski definition) is 0. The molecule has 0 unspecified atom stereocenters. The molecule has 0 fully saturated rings. The highest BCUT2D eigenvalue weighted by atomic mass is 15.2. The van der Waals surface area contributed by atoms with Gasteiger partial charge in [-0.25, -0.2) is 15.0 Å². The molecule has 9 heteroatoms. The fourth-order valence-corrected chi connectivity index (χ4v) is 11.4. The van der Waals surface area contributed by atoms with Gasteiger partial charge in [0.25, 0.3) is 0 Å². The zero-order chi connectivity index (χ0) is 52.9. The smallest absolute Gasteiger partial charge is 0.238 e. The summed E-state index contributed by atoms with van der Waals surface area (Å²) < 4.78 is 4.43. The third-order valence-corrected chi connectivity index (χ3v) is 15.0. The van der Waals surface area contributed by atoms with Crippen molar-refractivity contribution in [2.24, 2.45) is 0 Å². The van der Waals surface area contributed by atoms with Gasteiger partial charge in [0.05, 0.1) is 22.1 Å². The maximum Gasteiger partial charge on any atom is 0.238 e. The number of hydrogen-bond acceptors (Lipinski definition) is 7. The van der Waals surface area contributed by atoms with Gasteiger partial charge in [-0.2, -0.15) is 9.97 Å². The minimum atomic E-state index is 0.521. The van der Waals surface area contributed by atoms with Crippen molar-refractivity contribution in [3.05, 3.63) is 285 Å². The maximum atomic E-state index is 5.34. The largest absolute Gasteiger partial charge is 0.310 e. The normalized spacial score (nSPS) is 11.5. The third kappa shape index (κ3) is 7.99. The number of benzene rings is 11. The Kier molecular flexibility index (Phi) is 11.3. The van der Waals surface area contributed by atoms with Gasteiger partial charge in [0.1, 0.15) is 0 Å². The van der Waals surface area contributed by atoms with Crippen molar-refractivity contribution in [2.75, 3.05) is 9.80 Å². The Bertz CT molecular complexity index is 4590. The SMILES string of the molecule is c1ccc(-c2cnc(-n3c4ccc(N(c5ccccc5)c5ccccc5)cc4c4c5ccc6c(c5ccc43)c3cc(N(c4ccccc4)c4ccccc4)ccc3n6-c3nc(-c4ccccc4)nc(-c4ccccc4)n3)nc2)cc1. The average Bonchev–Trinajstić information content (AvgIpc) is 4.14. The molecule has 80 heavy (non-hydrogen) atoms. The molecule has 4 aromatic heterocycles. The van der Waals surface area contributed by atoms with E-state index in [1.807, 2.05) is 67.0 Å². The molecular formula is C71H47N9. The van der Waals surface area contributed by atoms with Crippen molar-refractivity contribution in [1.82, 2.24) is 34.1 Å². The Hall–Kier alpha value is -11.0. The van der Waals surface area contributed by atoms with Crippen molar-refractivity contribution in [3.8, 4) is 45.8 Å². The average molecular weight is 1030 g/mol. The van der Waals surface area contributed by atoms with Crippen LogP contribution in [0.3, 0.4) is 0 Å². The molecule has 0 radical (unpaired) electrons. The highest BCUT2D eigenvalue weighted by molar-refractivity contribution is 6.30. The molecule has 0 spiro atoms. The molecule has 15 rings (SSSR count). The summed E-state index contributed by atoms with van der Waals surface area (Å²) in [5, 5.41) is 6.43. The zero-order valence-electron chi connectivity index (χ0n) is 43.2. The Morgan fingerprint density at radius 3 is 0.975 bits per heavy atom. The third-order valence-electron chi connectivity index (χ3n) is 15.0. The standard InChI is InChI=1S/C71H47N9/c1-8-22-48(23-9-1)51-46-72-70(73-47-51)79-62-40-36-56(77(52-28-14-4-15-29-52)53-30-16-5-17-31-53)44-60(62)66-58-39-43-65-67(59(58)38-42-64(66)79)61-45-57(78(54-32-18-6-19-33-54)55-34-20-7-21-35-55)37-41-63(61)80(65)71-75-68(49-24-10-2-11-25-49)74-69(76-71)50-26-12-3-13-27-50/h1-47H. The predicted molar refractivity (Wildman–Crippen MR) is 327 cm³/mol. The first-order valence-electron chi connectivity index (χ1n) is 26.7. The summed E-state index contributed by atoms with van der Waals surface area (Å²) in [7, 11) is 0. The fourth-order valence-electron chi connectivity index (χ4n) is 11.4. The molecule has 0 aliphatic heterocycles. The van der Waals surface area contributed by atoms with Gasteiger partial charge >= 0.3 is 0 Å². The van der Waals surface area contributed by atoms with Gasteiger partial charge in [-0.05, 0) is 113 Å². The minimum Gasteiger partial charge on any atom is -0.310 e. The van der Waals surface area contributed by atoms with Crippen LogP contribution in [0, 0.1) is 0 Å². The predicted octanol–water partition coefficient (Wildman–Crippen LogP) is 17.9. The van der Waals surface area contributed by atoms with Crippen molar-refractivity contribution < 1.29 is 0 Å². The number of fused-ring (bicyclic) bond motifs is 9. The van der Waals surface area contributed by atoms with Gasteiger partial charge < -0.3 is 9.80 Å². The quantitative estimate of drug-likeness (QED) is 0.128. The van der Waals surface area contributed by atoms with Gasteiger partial charge in [0.2, 0.25) is 11.9 Å². The van der Waals surface area contributed by atoms with Crippen LogP contribution in [-0.4, -0.2) is 34.1 Å². The van der Waals surface area contributed by atoms with E-state index in [0.717, 1.165) is 111 Å². The Balaban J connectivity index is 1.04. The lowest BCUT2D eigenvalue weighted by Gasteiger charge is -2.25. The van der Waals surface area contributed by atoms with Crippen LogP contribution in [0.2, 0.25) is 0 Å². The first-order chi connectivity index (χ1) is 39.7. The molecule has 0 atom stereocenters. The van der Waals surface area contributed by atoms with E-state index in [4.69, 9.17) is 24.9 Å². The van der Waals surface area contributed by atoms with Gasteiger partial charge in [0.15, 0.2) is 11.6 Å². The molecule has 9 nitrogen and oxygen atoms in total. The van der Waals surface area contributed by atoms with Crippen molar-refractivity contribution in [2.45, 2.75) is 0 Å². The summed E-state index contributed by atoms with van der Waals surface area (Å²) >= 11 is 0. The monoisotopic (exact) mass is 1030 g/mol. The number of anilines is 6. The Morgan fingerprint density at radius 1 is 0.250 bits per heavy atom. The van der Waals surface area contributed by atoms with Crippen LogP contribution in [0.5, 0.6) is 0 Å². The van der Waals surface area contributed by atoms with Crippen LogP contribution in [0.1, 0.15) is 0 Å². The summed E-state index contributed by atoms with van der Waals surface area (Å²) in [4.78, 5) is 30.6. The van der Waals surface area contributed by atoms with E-state index in [1.165, 1.54) is 0 Å². The van der Waals surface area contributed by atoms with Crippen LogP contribution in [0.25, 0.3) is 100 Å². The zero-order valence-corrected chi connectivity index (χ0v) is 43.2. The molecule has 0 saturated carbocycles. The van der Waals surface area contributed by atoms with Gasteiger partial charge in [-0.3, -0.25) is 9.13 Å². The number of aromatic nitrogens is 7. The van der Waals surface area contributed by atoms with Gasteiger partial charge in [0, 0.05) is 84.8 Å². The molecule has 376 valence electrons. The molecule has 0 aliphatic carbocycles. The molecule has 15 aromatic rings. The molecule has 0 N–H and O–H groups in total. The van der Waals surface area contributed by atoms with Crippen LogP contribution >= 0.6 is 0 Å². The van der Waals surface area contributed by atoms with Crippen LogP contribution in [0.15, 0.2) is 285 Å². The summed E-state index contributed by atoms with van der Waals surface area (Å²) in [6, 6.07) is 95.4. The van der Waals surface area contributed by atoms with Crippen molar-refractivity contribution >= 4 is 88.5 Å². The second kappa shape index (κ2) is 19.5. The van der Waals surface area contributed by atoms with Crippen molar-refractivity contribution in [3.63, 3.8) is 0 Å². The first kappa shape index (κ1) is 46.3. The minimum absolute atomic E-state index is 0.521. The van der Waals surface area contributed by atoms with E-state index in [2.05, 4.69) is 237 Å². The maximum absolute atomic E-state index is 5.34. The van der Waals surface area contributed by atoms with Crippen LogP contribution in [-0.2, 0) is 0 Å². The topological polar surface area (TPSA) is 80.8 Å². The van der Waals surface area contributed by atoms with Gasteiger partial charge in [-0.15, -0.1) is 0 Å². The van der Waals surface area contributed by atoms with E-state index in [1.54, 1.807) is 0 Å². The molecule has 0 amide bonds. The van der Waals surface area contributed by atoms with Crippen molar-refractivity contribution in [1.29, 1.82) is 0 Å². The highest BCUT2D eigenvalue weighted by Gasteiger charge is 2.25. The fraction of sp³-hybridized carbons (Fsp3) is 0. The summed E-state index contributed by atoms with van der Waals surface area (Å²) in [5.41, 5.74) is 14.0. The summed E-state index contributed by atoms with van der Waals surface area (Å²) in [5.74, 6) is 2.28. The molecule has 11 aromatic carbocycles. The van der Waals surface area contributed by atoms with Crippen LogP contribution < -0.4 is 9.80 Å². The number of nitrogens with zero attached hydrogens (tertiary/aromatic N) is 9. The highest BCUT2D eigenvalue weighted by Crippen LogP contribution is 2.46.